The van der Waals surface area contributed by atoms with Crippen LogP contribution in [0.15, 0.2) is 18.2 Å². The maximum Gasteiger partial charge on any atom is 0.00629 e. The van der Waals surface area contributed by atoms with Crippen LogP contribution in [0.4, 0.5) is 0 Å². The molecule has 1 unspecified atom stereocenters. The van der Waals surface area contributed by atoms with Crippen molar-refractivity contribution in [3.8, 4) is 0 Å². The van der Waals surface area contributed by atoms with Gasteiger partial charge in [-0.15, -0.1) is 0 Å². The largest absolute Gasteiger partial charge is 0.0925 e. The fourth-order valence-corrected chi connectivity index (χ4v) is 2.82. The number of benzene rings is 1. The zero-order valence-corrected chi connectivity index (χ0v) is 12.5. The SMILES string of the molecule is Cc1cccc(C)c1CC(CBr)CC(C)C. The first-order chi connectivity index (χ1) is 7.54. The second-order valence-electron chi connectivity index (χ2n) is 5.22. The molecule has 0 aromatic heterocycles. The highest BCUT2D eigenvalue weighted by Crippen LogP contribution is 2.23. The van der Waals surface area contributed by atoms with Crippen molar-refractivity contribution in [1.82, 2.24) is 0 Å². The van der Waals surface area contributed by atoms with Gasteiger partial charge < -0.3 is 0 Å². The van der Waals surface area contributed by atoms with E-state index < -0.39 is 0 Å². The Bertz CT molecular complexity index is 308. The molecule has 0 saturated carbocycles. The van der Waals surface area contributed by atoms with Crippen LogP contribution in [-0.2, 0) is 6.42 Å². The van der Waals surface area contributed by atoms with Gasteiger partial charge in [0.1, 0.15) is 0 Å². The molecule has 0 spiro atoms. The van der Waals surface area contributed by atoms with Crippen molar-refractivity contribution in [1.29, 1.82) is 0 Å². The van der Waals surface area contributed by atoms with E-state index in [1.165, 1.54) is 24.0 Å². The Morgan fingerprint density at radius 3 is 2.12 bits per heavy atom. The average Bonchev–Trinajstić information content (AvgIpc) is 2.21. The maximum atomic E-state index is 3.65. The predicted octanol–water partition coefficient (Wildman–Crippen LogP) is 4.90. The summed E-state index contributed by atoms with van der Waals surface area (Å²) in [6.45, 7) is 9.06. The Morgan fingerprint density at radius 2 is 1.69 bits per heavy atom. The Hall–Kier alpha value is -0.300. The molecule has 90 valence electrons. The zero-order valence-electron chi connectivity index (χ0n) is 10.9. The highest BCUT2D eigenvalue weighted by Gasteiger charge is 2.13. The molecule has 0 radical (unpaired) electrons. The molecular weight excluding hydrogens is 260 g/mol. The molecule has 1 rings (SSSR count). The third-order valence-electron chi connectivity index (χ3n) is 3.16. The van der Waals surface area contributed by atoms with Gasteiger partial charge in [-0.25, -0.2) is 0 Å². The van der Waals surface area contributed by atoms with Crippen molar-refractivity contribution in [3.63, 3.8) is 0 Å². The first kappa shape index (κ1) is 13.8. The fourth-order valence-electron chi connectivity index (χ4n) is 2.33. The molecule has 0 heterocycles. The molecule has 0 amide bonds. The van der Waals surface area contributed by atoms with Gasteiger partial charge in [-0.05, 0) is 55.2 Å². The van der Waals surface area contributed by atoms with Crippen LogP contribution in [0.5, 0.6) is 0 Å². The fraction of sp³-hybridized carbons (Fsp3) is 0.600. The predicted molar refractivity (Wildman–Crippen MR) is 76.4 cm³/mol. The Morgan fingerprint density at radius 1 is 1.12 bits per heavy atom. The number of hydrogen-bond donors (Lipinski definition) is 0. The quantitative estimate of drug-likeness (QED) is 0.674. The van der Waals surface area contributed by atoms with Crippen LogP contribution in [-0.4, -0.2) is 5.33 Å². The second kappa shape index (κ2) is 6.44. The summed E-state index contributed by atoms with van der Waals surface area (Å²) in [7, 11) is 0. The van der Waals surface area contributed by atoms with Crippen LogP contribution < -0.4 is 0 Å². The van der Waals surface area contributed by atoms with E-state index in [9.17, 15) is 0 Å². The van der Waals surface area contributed by atoms with E-state index >= 15 is 0 Å². The van der Waals surface area contributed by atoms with E-state index in [0.29, 0.717) is 0 Å². The lowest BCUT2D eigenvalue weighted by molar-refractivity contribution is 0.444. The van der Waals surface area contributed by atoms with Gasteiger partial charge in [0.25, 0.3) is 0 Å². The highest BCUT2D eigenvalue weighted by atomic mass is 79.9. The zero-order chi connectivity index (χ0) is 12.1. The summed E-state index contributed by atoms with van der Waals surface area (Å²) >= 11 is 3.65. The van der Waals surface area contributed by atoms with E-state index in [2.05, 4.69) is 61.8 Å². The summed E-state index contributed by atoms with van der Waals surface area (Å²) < 4.78 is 0. The summed E-state index contributed by atoms with van der Waals surface area (Å²) in [4.78, 5) is 0. The number of alkyl halides is 1. The topological polar surface area (TPSA) is 0 Å². The van der Waals surface area contributed by atoms with Gasteiger partial charge in [0.2, 0.25) is 0 Å². The van der Waals surface area contributed by atoms with Gasteiger partial charge in [-0.1, -0.05) is 48.0 Å². The third kappa shape index (κ3) is 3.93. The van der Waals surface area contributed by atoms with Crippen LogP contribution in [0.3, 0.4) is 0 Å². The summed E-state index contributed by atoms with van der Waals surface area (Å²) in [5.74, 6) is 1.55. The van der Waals surface area contributed by atoms with E-state index in [0.717, 1.165) is 17.2 Å². The van der Waals surface area contributed by atoms with E-state index in [1.807, 2.05) is 0 Å². The standard InChI is InChI=1S/C15H23Br/c1-11(2)8-14(10-16)9-15-12(3)6-5-7-13(15)4/h5-7,11,14H,8-10H2,1-4H3. The Kier molecular flexibility index (Phi) is 5.54. The van der Waals surface area contributed by atoms with Gasteiger partial charge >= 0.3 is 0 Å². The van der Waals surface area contributed by atoms with E-state index in [1.54, 1.807) is 5.56 Å². The van der Waals surface area contributed by atoms with Crippen molar-refractivity contribution in [2.24, 2.45) is 11.8 Å². The van der Waals surface area contributed by atoms with Crippen LogP contribution in [0.25, 0.3) is 0 Å². The minimum absolute atomic E-state index is 0.764. The highest BCUT2D eigenvalue weighted by molar-refractivity contribution is 9.09. The van der Waals surface area contributed by atoms with Gasteiger partial charge in [-0.2, -0.15) is 0 Å². The first-order valence-corrected chi connectivity index (χ1v) is 7.27. The molecule has 0 aliphatic heterocycles. The van der Waals surface area contributed by atoms with E-state index in [-0.39, 0.29) is 0 Å². The van der Waals surface area contributed by atoms with Gasteiger partial charge in [0.15, 0.2) is 0 Å². The Balaban J connectivity index is 2.77. The normalized spacial score (nSPS) is 13.1. The number of halogens is 1. The number of hydrogen-bond acceptors (Lipinski definition) is 0. The lowest BCUT2D eigenvalue weighted by atomic mass is 9.89. The van der Waals surface area contributed by atoms with Crippen molar-refractivity contribution in [3.05, 3.63) is 34.9 Å². The van der Waals surface area contributed by atoms with Crippen molar-refractivity contribution >= 4 is 15.9 Å². The van der Waals surface area contributed by atoms with Gasteiger partial charge in [0, 0.05) is 5.33 Å². The second-order valence-corrected chi connectivity index (χ2v) is 5.87. The molecule has 1 aromatic rings. The molecule has 0 fully saturated rings. The van der Waals surface area contributed by atoms with Crippen LogP contribution in [0, 0.1) is 25.7 Å². The minimum atomic E-state index is 0.764. The molecule has 0 aliphatic rings. The molecule has 0 N–H and O–H groups in total. The molecular formula is C15H23Br. The monoisotopic (exact) mass is 282 g/mol. The first-order valence-electron chi connectivity index (χ1n) is 6.15. The third-order valence-corrected chi connectivity index (χ3v) is 4.08. The van der Waals surface area contributed by atoms with Crippen LogP contribution in [0.1, 0.15) is 37.0 Å². The average molecular weight is 283 g/mol. The molecule has 1 heteroatoms. The number of aryl methyl sites for hydroxylation is 2. The molecule has 16 heavy (non-hydrogen) atoms. The molecule has 0 aliphatic carbocycles. The smallest absolute Gasteiger partial charge is 0.00629 e. The van der Waals surface area contributed by atoms with Gasteiger partial charge in [0.05, 0.1) is 0 Å². The minimum Gasteiger partial charge on any atom is -0.0925 e. The molecule has 1 aromatic carbocycles. The number of rotatable bonds is 5. The molecule has 0 nitrogen and oxygen atoms in total. The van der Waals surface area contributed by atoms with Crippen LogP contribution in [0.2, 0.25) is 0 Å². The van der Waals surface area contributed by atoms with Gasteiger partial charge in [-0.3, -0.25) is 0 Å². The van der Waals surface area contributed by atoms with Crippen molar-refractivity contribution in [2.45, 2.75) is 40.5 Å². The summed E-state index contributed by atoms with van der Waals surface area (Å²) in [6.07, 6.45) is 2.51. The van der Waals surface area contributed by atoms with E-state index in [4.69, 9.17) is 0 Å². The van der Waals surface area contributed by atoms with Crippen molar-refractivity contribution in [2.75, 3.05) is 5.33 Å². The van der Waals surface area contributed by atoms with Crippen molar-refractivity contribution < 1.29 is 0 Å². The molecule has 0 saturated heterocycles. The summed E-state index contributed by atoms with van der Waals surface area (Å²) in [5.41, 5.74) is 4.43. The lowest BCUT2D eigenvalue weighted by Crippen LogP contribution is -2.11. The summed E-state index contributed by atoms with van der Waals surface area (Å²) in [5, 5.41) is 1.11. The lowest BCUT2D eigenvalue weighted by Gasteiger charge is -2.19. The summed E-state index contributed by atoms with van der Waals surface area (Å²) in [6, 6.07) is 6.60. The Labute approximate surface area is 109 Å². The maximum absolute atomic E-state index is 3.65. The molecule has 0 bridgehead atoms. The van der Waals surface area contributed by atoms with Crippen LogP contribution >= 0.6 is 15.9 Å². The molecule has 1 atom stereocenters.